The van der Waals surface area contributed by atoms with E-state index in [0.29, 0.717) is 23.7 Å². The fourth-order valence-corrected chi connectivity index (χ4v) is 4.20. The van der Waals surface area contributed by atoms with Crippen LogP contribution < -0.4 is 14.4 Å². The van der Waals surface area contributed by atoms with E-state index in [9.17, 15) is 17.6 Å². The summed E-state index contributed by atoms with van der Waals surface area (Å²) in [5.41, 5.74) is 0.833. The minimum absolute atomic E-state index is 0.110. The van der Waals surface area contributed by atoms with E-state index >= 15 is 0 Å². The van der Waals surface area contributed by atoms with Crippen molar-refractivity contribution in [3.63, 3.8) is 0 Å². The molecule has 0 spiro atoms. The van der Waals surface area contributed by atoms with E-state index in [-0.39, 0.29) is 4.90 Å². The predicted octanol–water partition coefficient (Wildman–Crippen LogP) is 4.06. The van der Waals surface area contributed by atoms with Crippen LogP contribution in [0.2, 0.25) is 0 Å². The highest BCUT2D eigenvalue weighted by atomic mass is 32.2. The Morgan fingerprint density at radius 3 is 2.20 bits per heavy atom. The number of hydrogen-bond donors (Lipinski definition) is 1. The molecule has 156 valence electrons. The number of carbonyl (C=O) groups excluding carboxylic acids is 1. The van der Waals surface area contributed by atoms with Crippen LogP contribution >= 0.6 is 0 Å². The van der Waals surface area contributed by atoms with Gasteiger partial charge in [0.15, 0.2) is 0 Å². The Balaban J connectivity index is 1.84. The first kappa shape index (κ1) is 21.3. The molecule has 8 heteroatoms. The zero-order chi connectivity index (χ0) is 21.6. The van der Waals surface area contributed by atoms with Crippen molar-refractivity contribution >= 4 is 27.3 Å². The first-order chi connectivity index (χ1) is 14.4. The molecule has 0 unspecified atom stereocenters. The van der Waals surface area contributed by atoms with Gasteiger partial charge in [-0.15, -0.1) is 0 Å². The second kappa shape index (κ2) is 9.41. The molecule has 0 aromatic heterocycles. The molecule has 0 aliphatic carbocycles. The molecule has 3 aromatic carbocycles. The number of rotatable bonds is 8. The number of nitrogens with one attached hydrogen (secondary N) is 1. The Morgan fingerprint density at radius 2 is 1.60 bits per heavy atom. The molecule has 0 atom stereocenters. The zero-order valence-corrected chi connectivity index (χ0v) is 17.1. The van der Waals surface area contributed by atoms with E-state index < -0.39 is 28.3 Å². The van der Waals surface area contributed by atoms with Gasteiger partial charge >= 0.3 is 0 Å². The average Bonchev–Trinajstić information content (AvgIpc) is 2.74. The van der Waals surface area contributed by atoms with Crippen molar-refractivity contribution in [2.24, 2.45) is 0 Å². The molecule has 6 nitrogen and oxygen atoms in total. The molecule has 1 amide bonds. The van der Waals surface area contributed by atoms with Crippen molar-refractivity contribution in [1.82, 2.24) is 0 Å². The van der Waals surface area contributed by atoms with E-state index in [1.165, 1.54) is 12.1 Å². The Morgan fingerprint density at radius 1 is 0.967 bits per heavy atom. The van der Waals surface area contributed by atoms with Crippen LogP contribution in [0.1, 0.15) is 6.92 Å². The standard InChI is InChI=1S/C22H21FN2O4S/c1-2-29-20-12-10-18(11-13-20)24-22(26)16-25(19-6-4-3-5-7-19)30(27,28)21-14-8-17(23)9-15-21/h3-15H,2,16H2,1H3,(H,24,26). The SMILES string of the molecule is CCOc1ccc(NC(=O)CN(c2ccccc2)S(=O)(=O)c2ccc(F)cc2)cc1. The van der Waals surface area contributed by atoms with Crippen LogP contribution in [0.25, 0.3) is 0 Å². The minimum atomic E-state index is -4.09. The zero-order valence-electron chi connectivity index (χ0n) is 16.3. The maximum absolute atomic E-state index is 13.2. The summed E-state index contributed by atoms with van der Waals surface area (Å²) in [5, 5.41) is 2.68. The molecule has 0 aliphatic heterocycles. The Labute approximate surface area is 175 Å². The highest BCUT2D eigenvalue weighted by Gasteiger charge is 2.27. The van der Waals surface area contributed by atoms with Crippen molar-refractivity contribution in [1.29, 1.82) is 0 Å². The molecular weight excluding hydrogens is 407 g/mol. The Bertz CT molecular complexity index is 1090. The van der Waals surface area contributed by atoms with Gasteiger partial charge in [0.05, 0.1) is 17.2 Å². The molecule has 0 saturated carbocycles. The molecular formula is C22H21FN2O4S. The van der Waals surface area contributed by atoms with Crippen LogP contribution in [-0.2, 0) is 14.8 Å². The van der Waals surface area contributed by atoms with Crippen LogP contribution in [-0.4, -0.2) is 27.5 Å². The van der Waals surface area contributed by atoms with Crippen LogP contribution in [0.15, 0.2) is 83.8 Å². The highest BCUT2D eigenvalue weighted by Crippen LogP contribution is 2.24. The van der Waals surface area contributed by atoms with E-state index in [0.717, 1.165) is 16.4 Å². The van der Waals surface area contributed by atoms with Crippen LogP contribution in [0.4, 0.5) is 15.8 Å². The van der Waals surface area contributed by atoms with Gasteiger partial charge in [-0.1, -0.05) is 18.2 Å². The third-order valence-corrected chi connectivity index (χ3v) is 5.97. The lowest BCUT2D eigenvalue weighted by molar-refractivity contribution is -0.114. The number of halogens is 1. The van der Waals surface area contributed by atoms with Gasteiger partial charge in [0.1, 0.15) is 18.1 Å². The number of sulfonamides is 1. The summed E-state index contributed by atoms with van der Waals surface area (Å²) in [4.78, 5) is 12.5. The highest BCUT2D eigenvalue weighted by molar-refractivity contribution is 7.92. The Hall–Kier alpha value is -3.39. The summed E-state index contributed by atoms with van der Waals surface area (Å²) in [7, 11) is -4.09. The van der Waals surface area contributed by atoms with Crippen LogP contribution in [0, 0.1) is 5.82 Å². The number of ether oxygens (including phenoxy) is 1. The van der Waals surface area contributed by atoms with Gasteiger partial charge in [-0.2, -0.15) is 0 Å². The van der Waals surface area contributed by atoms with E-state index in [1.807, 2.05) is 6.92 Å². The summed E-state index contributed by atoms with van der Waals surface area (Å²) in [6.07, 6.45) is 0. The number of hydrogen-bond acceptors (Lipinski definition) is 4. The molecule has 3 aromatic rings. The van der Waals surface area contributed by atoms with Crippen molar-refractivity contribution in [3.05, 3.63) is 84.7 Å². The lowest BCUT2D eigenvalue weighted by Gasteiger charge is -2.24. The molecule has 30 heavy (non-hydrogen) atoms. The average molecular weight is 428 g/mol. The van der Waals surface area contributed by atoms with E-state index in [2.05, 4.69) is 5.32 Å². The topological polar surface area (TPSA) is 75.7 Å². The largest absolute Gasteiger partial charge is 0.494 e. The quantitative estimate of drug-likeness (QED) is 0.587. The van der Waals surface area contributed by atoms with Crippen molar-refractivity contribution in [2.45, 2.75) is 11.8 Å². The smallest absolute Gasteiger partial charge is 0.264 e. The number of anilines is 2. The maximum atomic E-state index is 13.2. The number of amides is 1. The summed E-state index contributed by atoms with van der Waals surface area (Å²) < 4.78 is 45.9. The summed E-state index contributed by atoms with van der Waals surface area (Å²) >= 11 is 0. The molecule has 0 bridgehead atoms. The van der Waals surface area contributed by atoms with Gasteiger partial charge in [0, 0.05) is 5.69 Å². The first-order valence-corrected chi connectivity index (χ1v) is 10.7. The van der Waals surface area contributed by atoms with Crippen LogP contribution in [0.5, 0.6) is 5.75 Å². The molecule has 0 aliphatic rings. The third-order valence-electron chi connectivity index (χ3n) is 4.18. The predicted molar refractivity (Wildman–Crippen MR) is 114 cm³/mol. The van der Waals surface area contributed by atoms with Gasteiger partial charge < -0.3 is 10.1 Å². The van der Waals surface area contributed by atoms with E-state index in [4.69, 9.17) is 4.74 Å². The first-order valence-electron chi connectivity index (χ1n) is 9.26. The van der Waals surface area contributed by atoms with Gasteiger partial charge in [-0.25, -0.2) is 12.8 Å². The molecule has 0 heterocycles. The van der Waals surface area contributed by atoms with Gasteiger partial charge in [0.2, 0.25) is 5.91 Å². The molecule has 0 saturated heterocycles. The normalized spacial score (nSPS) is 11.0. The van der Waals surface area contributed by atoms with Crippen LogP contribution in [0.3, 0.4) is 0 Å². The third kappa shape index (κ3) is 5.15. The molecule has 1 N–H and O–H groups in total. The van der Waals surface area contributed by atoms with Gasteiger partial charge in [-0.3, -0.25) is 9.10 Å². The minimum Gasteiger partial charge on any atom is -0.494 e. The number of carbonyl (C=O) groups is 1. The molecule has 3 rings (SSSR count). The van der Waals surface area contributed by atoms with Crippen molar-refractivity contribution in [3.8, 4) is 5.75 Å². The summed E-state index contributed by atoms with van der Waals surface area (Å²) in [6.45, 7) is 1.95. The monoisotopic (exact) mass is 428 g/mol. The number of nitrogens with zero attached hydrogens (tertiary/aromatic N) is 1. The number of benzene rings is 3. The summed E-state index contributed by atoms with van der Waals surface area (Å²) in [5.74, 6) is -0.401. The fourth-order valence-electron chi connectivity index (χ4n) is 2.78. The van der Waals surface area contributed by atoms with Gasteiger partial charge in [-0.05, 0) is 67.6 Å². The summed E-state index contributed by atoms with van der Waals surface area (Å²) in [6, 6.07) is 19.5. The lowest BCUT2D eigenvalue weighted by atomic mass is 10.3. The molecule has 0 fully saturated rings. The maximum Gasteiger partial charge on any atom is 0.264 e. The van der Waals surface area contributed by atoms with E-state index in [1.54, 1.807) is 54.6 Å². The molecule has 0 radical (unpaired) electrons. The second-order valence-corrected chi connectivity index (χ2v) is 8.17. The second-order valence-electron chi connectivity index (χ2n) is 6.31. The fraction of sp³-hybridized carbons (Fsp3) is 0.136. The lowest BCUT2D eigenvalue weighted by Crippen LogP contribution is -2.38. The number of para-hydroxylation sites is 1. The van der Waals surface area contributed by atoms with Crippen molar-refractivity contribution < 1.29 is 22.3 Å². The van der Waals surface area contributed by atoms with Gasteiger partial charge in [0.25, 0.3) is 10.0 Å². The Kier molecular flexibility index (Phi) is 6.68. The van der Waals surface area contributed by atoms with Crippen molar-refractivity contribution in [2.75, 3.05) is 22.8 Å².